The number of likely N-dealkylation sites (tertiary alicyclic amines) is 1. The highest BCUT2D eigenvalue weighted by atomic mass is 16.6. The van der Waals surface area contributed by atoms with Crippen molar-refractivity contribution in [3.8, 4) is 0 Å². The largest absolute Gasteiger partial charge is 0.444 e. The Morgan fingerprint density at radius 1 is 1.43 bits per heavy atom. The normalized spacial score (nSPS) is 18.7. The molecule has 6 heteroatoms. The van der Waals surface area contributed by atoms with Gasteiger partial charge >= 0.3 is 6.09 Å². The fraction of sp³-hybridized carbons (Fsp3) is 0.647. The van der Waals surface area contributed by atoms with Gasteiger partial charge in [0.1, 0.15) is 5.60 Å². The summed E-state index contributed by atoms with van der Waals surface area (Å²) >= 11 is 0. The lowest BCUT2D eigenvalue weighted by molar-refractivity contribution is 0.0166. The van der Waals surface area contributed by atoms with E-state index in [2.05, 4.69) is 10.3 Å². The number of H-pyrrole nitrogens is 1. The zero-order valence-corrected chi connectivity index (χ0v) is 14.2. The number of Topliss-reactive ketones (excluding diaryl/α,β-unsaturated/α-hetero) is 1. The second-order valence-electron chi connectivity index (χ2n) is 7.07. The molecule has 23 heavy (non-hydrogen) atoms. The SMILES string of the molecule is CC(C)(C)OC(=O)N1CCC[C@@H](CNCC(=O)c2ccc[nH]2)C1. The van der Waals surface area contributed by atoms with E-state index in [1.807, 2.05) is 26.8 Å². The lowest BCUT2D eigenvalue weighted by Crippen LogP contribution is -2.45. The third kappa shape index (κ3) is 5.71. The van der Waals surface area contributed by atoms with Crippen molar-refractivity contribution in [2.24, 2.45) is 5.92 Å². The van der Waals surface area contributed by atoms with Gasteiger partial charge < -0.3 is 19.9 Å². The highest BCUT2D eigenvalue weighted by molar-refractivity contribution is 5.95. The molecule has 1 aliphatic rings. The molecule has 0 spiro atoms. The van der Waals surface area contributed by atoms with E-state index in [1.54, 1.807) is 17.2 Å². The van der Waals surface area contributed by atoms with Crippen LogP contribution in [0.1, 0.15) is 44.1 Å². The number of nitrogens with one attached hydrogen (secondary N) is 2. The number of piperidine rings is 1. The van der Waals surface area contributed by atoms with E-state index in [-0.39, 0.29) is 11.9 Å². The minimum absolute atomic E-state index is 0.0507. The first-order valence-corrected chi connectivity index (χ1v) is 8.20. The zero-order valence-electron chi connectivity index (χ0n) is 14.2. The summed E-state index contributed by atoms with van der Waals surface area (Å²) in [6, 6.07) is 3.59. The summed E-state index contributed by atoms with van der Waals surface area (Å²) in [5.41, 5.74) is 0.154. The van der Waals surface area contributed by atoms with Crippen molar-refractivity contribution >= 4 is 11.9 Å². The van der Waals surface area contributed by atoms with Crippen LogP contribution in [0.5, 0.6) is 0 Å². The maximum atomic E-state index is 12.1. The number of rotatable bonds is 5. The molecule has 2 N–H and O–H groups in total. The van der Waals surface area contributed by atoms with Crippen LogP contribution in [0.25, 0.3) is 0 Å². The summed E-state index contributed by atoms with van der Waals surface area (Å²) in [5.74, 6) is 0.405. The molecule has 1 aromatic heterocycles. The van der Waals surface area contributed by atoms with Gasteiger partial charge in [0, 0.05) is 25.8 Å². The fourth-order valence-corrected chi connectivity index (χ4v) is 2.71. The van der Waals surface area contributed by atoms with E-state index in [4.69, 9.17) is 4.74 Å². The van der Waals surface area contributed by atoms with Gasteiger partial charge in [-0.2, -0.15) is 0 Å². The number of nitrogens with zero attached hydrogens (tertiary/aromatic N) is 1. The number of aromatic amines is 1. The van der Waals surface area contributed by atoms with Gasteiger partial charge in [0.05, 0.1) is 12.2 Å². The molecular weight excluding hydrogens is 294 g/mol. The molecule has 0 bridgehead atoms. The Labute approximate surface area is 137 Å². The van der Waals surface area contributed by atoms with Crippen LogP contribution >= 0.6 is 0 Å². The van der Waals surface area contributed by atoms with E-state index in [9.17, 15) is 9.59 Å². The van der Waals surface area contributed by atoms with Crippen molar-refractivity contribution in [1.29, 1.82) is 0 Å². The standard InChI is InChI=1S/C17H27N3O3/c1-17(2,3)23-16(22)20-9-5-6-13(12-20)10-18-11-15(21)14-7-4-8-19-14/h4,7-8,13,18-19H,5-6,9-12H2,1-3H3/t13-/m0/s1. The second-order valence-corrected chi connectivity index (χ2v) is 7.07. The number of amides is 1. The summed E-state index contributed by atoms with van der Waals surface area (Å²) in [5, 5.41) is 3.20. The number of hydrogen-bond acceptors (Lipinski definition) is 4. The van der Waals surface area contributed by atoms with Gasteiger partial charge in [-0.25, -0.2) is 4.79 Å². The van der Waals surface area contributed by atoms with Crippen LogP contribution in [0.15, 0.2) is 18.3 Å². The smallest absolute Gasteiger partial charge is 0.410 e. The minimum atomic E-state index is -0.468. The molecule has 128 valence electrons. The van der Waals surface area contributed by atoms with Gasteiger partial charge in [0.25, 0.3) is 0 Å². The molecule has 1 amide bonds. The number of ketones is 1. The maximum Gasteiger partial charge on any atom is 0.410 e. The summed E-state index contributed by atoms with van der Waals surface area (Å²) in [6.07, 6.45) is 3.52. The minimum Gasteiger partial charge on any atom is -0.444 e. The summed E-state index contributed by atoms with van der Waals surface area (Å²) in [7, 11) is 0. The first-order valence-electron chi connectivity index (χ1n) is 8.20. The molecule has 1 aromatic rings. The van der Waals surface area contributed by atoms with Crippen molar-refractivity contribution < 1.29 is 14.3 Å². The Morgan fingerprint density at radius 3 is 2.87 bits per heavy atom. The topological polar surface area (TPSA) is 74.4 Å². The van der Waals surface area contributed by atoms with Gasteiger partial charge in [0.2, 0.25) is 0 Å². The van der Waals surface area contributed by atoms with E-state index in [0.29, 0.717) is 24.7 Å². The molecule has 0 saturated carbocycles. The summed E-state index contributed by atoms with van der Waals surface area (Å²) in [4.78, 5) is 28.7. The van der Waals surface area contributed by atoms with Gasteiger partial charge in [-0.3, -0.25) is 4.79 Å². The van der Waals surface area contributed by atoms with E-state index < -0.39 is 5.60 Å². The Kier molecular flexibility index (Phi) is 5.82. The second kappa shape index (κ2) is 7.64. The number of aromatic nitrogens is 1. The summed E-state index contributed by atoms with van der Waals surface area (Å²) in [6.45, 7) is 8.08. The Balaban J connectivity index is 1.73. The van der Waals surface area contributed by atoms with Crippen LogP contribution in [0.4, 0.5) is 4.79 Å². The Morgan fingerprint density at radius 2 is 2.22 bits per heavy atom. The maximum absolute atomic E-state index is 12.1. The number of hydrogen-bond donors (Lipinski definition) is 2. The van der Waals surface area contributed by atoms with Crippen molar-refractivity contribution in [3.63, 3.8) is 0 Å². The third-order valence-electron chi connectivity index (χ3n) is 3.79. The monoisotopic (exact) mass is 321 g/mol. The van der Waals surface area contributed by atoms with E-state index in [1.165, 1.54) is 0 Å². The Hall–Kier alpha value is -1.82. The number of carbonyl (C=O) groups excluding carboxylic acids is 2. The average Bonchev–Trinajstić information content (AvgIpc) is 3.00. The molecular formula is C17H27N3O3. The lowest BCUT2D eigenvalue weighted by Gasteiger charge is -2.34. The molecule has 0 aromatic carbocycles. The van der Waals surface area contributed by atoms with Gasteiger partial charge in [-0.15, -0.1) is 0 Å². The van der Waals surface area contributed by atoms with Crippen LogP contribution < -0.4 is 5.32 Å². The first-order chi connectivity index (χ1) is 10.8. The molecule has 0 unspecified atom stereocenters. The predicted molar refractivity (Wildman–Crippen MR) is 88.5 cm³/mol. The third-order valence-corrected chi connectivity index (χ3v) is 3.79. The average molecular weight is 321 g/mol. The number of carbonyl (C=O) groups is 2. The van der Waals surface area contributed by atoms with E-state index >= 15 is 0 Å². The molecule has 1 aliphatic heterocycles. The molecule has 0 aliphatic carbocycles. The van der Waals surface area contributed by atoms with Gasteiger partial charge in [-0.1, -0.05) is 0 Å². The fourth-order valence-electron chi connectivity index (χ4n) is 2.71. The Bertz CT molecular complexity index is 520. The van der Waals surface area contributed by atoms with Gasteiger partial charge in [0.15, 0.2) is 5.78 Å². The molecule has 0 radical (unpaired) electrons. The van der Waals surface area contributed by atoms with Crippen molar-refractivity contribution in [2.45, 2.75) is 39.2 Å². The molecule has 2 rings (SSSR count). The lowest BCUT2D eigenvalue weighted by atomic mass is 9.98. The highest BCUT2D eigenvalue weighted by Gasteiger charge is 2.27. The van der Waals surface area contributed by atoms with Crippen molar-refractivity contribution in [3.05, 3.63) is 24.0 Å². The predicted octanol–water partition coefficient (Wildman–Crippen LogP) is 2.43. The van der Waals surface area contributed by atoms with Crippen LogP contribution in [0.3, 0.4) is 0 Å². The number of ether oxygens (including phenoxy) is 1. The molecule has 1 atom stereocenters. The zero-order chi connectivity index (χ0) is 16.9. The van der Waals surface area contributed by atoms with Gasteiger partial charge in [-0.05, 0) is 51.7 Å². The van der Waals surface area contributed by atoms with Crippen LogP contribution in [-0.4, -0.2) is 53.5 Å². The molecule has 1 fully saturated rings. The first kappa shape index (κ1) is 17.5. The van der Waals surface area contributed by atoms with Crippen LogP contribution in [0, 0.1) is 5.92 Å². The quantitative estimate of drug-likeness (QED) is 0.817. The summed E-state index contributed by atoms with van der Waals surface area (Å²) < 4.78 is 5.43. The molecule has 1 saturated heterocycles. The van der Waals surface area contributed by atoms with Crippen molar-refractivity contribution in [2.75, 3.05) is 26.2 Å². The highest BCUT2D eigenvalue weighted by Crippen LogP contribution is 2.18. The molecule has 2 heterocycles. The van der Waals surface area contributed by atoms with Crippen LogP contribution in [-0.2, 0) is 4.74 Å². The van der Waals surface area contributed by atoms with Crippen LogP contribution in [0.2, 0.25) is 0 Å². The molecule has 6 nitrogen and oxygen atoms in total. The van der Waals surface area contributed by atoms with Crippen molar-refractivity contribution in [1.82, 2.24) is 15.2 Å². The van der Waals surface area contributed by atoms with E-state index in [0.717, 1.165) is 25.9 Å².